The Labute approximate surface area is 129 Å². The summed E-state index contributed by atoms with van der Waals surface area (Å²) in [6.07, 6.45) is -0.689. The van der Waals surface area contributed by atoms with Gasteiger partial charge in [0.25, 0.3) is 5.91 Å². The Morgan fingerprint density at radius 3 is 2.73 bits per heavy atom. The summed E-state index contributed by atoms with van der Waals surface area (Å²) in [6, 6.07) is 9.18. The van der Waals surface area contributed by atoms with Crippen LogP contribution in [0.15, 0.2) is 40.9 Å². The number of primary amides is 1. The number of ether oxygens (including phenoxy) is 1. The molecule has 2 rings (SSSR count). The molecule has 0 aliphatic carbocycles. The van der Waals surface area contributed by atoms with Gasteiger partial charge in [0.1, 0.15) is 12.3 Å². The highest BCUT2D eigenvalue weighted by atomic mass is 32.1. The van der Waals surface area contributed by atoms with Crippen LogP contribution < -0.4 is 11.1 Å². The summed E-state index contributed by atoms with van der Waals surface area (Å²) in [5.74, 6) is -0.925. The molecule has 1 aromatic carbocycles. The Morgan fingerprint density at radius 1 is 1.36 bits per heavy atom. The van der Waals surface area contributed by atoms with Crippen LogP contribution in [0.5, 0.6) is 0 Å². The fourth-order valence-electron chi connectivity index (χ4n) is 1.51. The number of benzene rings is 1. The largest absolute Gasteiger partial charge is 0.444 e. The lowest BCUT2D eigenvalue weighted by atomic mass is 10.2. The van der Waals surface area contributed by atoms with Gasteiger partial charge in [-0.15, -0.1) is 11.3 Å². The molecule has 0 unspecified atom stereocenters. The van der Waals surface area contributed by atoms with Crippen molar-refractivity contribution >= 4 is 34.2 Å². The third kappa shape index (κ3) is 4.03. The highest BCUT2D eigenvalue weighted by Gasteiger charge is 2.16. The molecule has 4 N–H and O–H groups in total. The number of hydrogen-bond donors (Lipinski definition) is 3. The topological polar surface area (TPSA) is 127 Å². The van der Waals surface area contributed by atoms with Crippen molar-refractivity contribution in [3.05, 3.63) is 47.0 Å². The molecule has 0 radical (unpaired) electrons. The zero-order valence-corrected chi connectivity index (χ0v) is 12.0. The Morgan fingerprint density at radius 2 is 2.09 bits per heavy atom. The Kier molecular flexibility index (Phi) is 5.04. The first-order valence-electron chi connectivity index (χ1n) is 6.05. The van der Waals surface area contributed by atoms with Crippen LogP contribution >= 0.6 is 11.3 Å². The van der Waals surface area contributed by atoms with E-state index in [0.717, 1.165) is 16.9 Å². The number of hydrogen-bond acceptors (Lipinski definition) is 7. The van der Waals surface area contributed by atoms with E-state index in [1.54, 1.807) is 0 Å². The van der Waals surface area contributed by atoms with Crippen molar-refractivity contribution in [1.82, 2.24) is 4.98 Å². The molecule has 9 heteroatoms. The number of nitrogens with zero attached hydrogens (tertiary/aromatic N) is 2. The van der Waals surface area contributed by atoms with Crippen LogP contribution in [0, 0.1) is 0 Å². The third-order valence-electron chi connectivity index (χ3n) is 2.50. The summed E-state index contributed by atoms with van der Waals surface area (Å²) in [6.45, 7) is 0.121. The van der Waals surface area contributed by atoms with E-state index in [-0.39, 0.29) is 23.1 Å². The van der Waals surface area contributed by atoms with Crippen LogP contribution in [0.2, 0.25) is 0 Å². The zero-order chi connectivity index (χ0) is 15.9. The summed E-state index contributed by atoms with van der Waals surface area (Å²) in [5, 5.41) is 15.5. The first kappa shape index (κ1) is 15.4. The second-order valence-electron chi connectivity index (χ2n) is 4.04. The van der Waals surface area contributed by atoms with E-state index in [1.807, 2.05) is 30.3 Å². The van der Waals surface area contributed by atoms with Crippen LogP contribution in [0.25, 0.3) is 0 Å². The number of thiazole rings is 1. The number of nitrogens with two attached hydrogens (primary N) is 1. The average Bonchev–Trinajstić information content (AvgIpc) is 2.94. The fourth-order valence-corrected chi connectivity index (χ4v) is 2.19. The van der Waals surface area contributed by atoms with E-state index < -0.39 is 12.0 Å². The zero-order valence-electron chi connectivity index (χ0n) is 11.2. The van der Waals surface area contributed by atoms with Crippen LogP contribution in [0.4, 0.5) is 9.93 Å². The average molecular weight is 320 g/mol. The lowest BCUT2D eigenvalue weighted by Gasteiger charge is -2.04. The lowest BCUT2D eigenvalue weighted by molar-refractivity contribution is -0.112. The first-order valence-corrected chi connectivity index (χ1v) is 6.93. The lowest BCUT2D eigenvalue weighted by Crippen LogP contribution is -2.24. The molecular weight excluding hydrogens is 308 g/mol. The SMILES string of the molecule is NC(=O)C(=NO)c1csc(NC(=O)OCc2ccccc2)n1. The monoisotopic (exact) mass is 320 g/mol. The van der Waals surface area contributed by atoms with Gasteiger partial charge >= 0.3 is 6.09 Å². The molecule has 8 nitrogen and oxygen atoms in total. The van der Waals surface area contributed by atoms with Gasteiger partial charge in [-0.1, -0.05) is 35.5 Å². The predicted molar refractivity (Wildman–Crippen MR) is 79.9 cm³/mol. The van der Waals surface area contributed by atoms with Gasteiger partial charge in [0.05, 0.1) is 0 Å². The highest BCUT2D eigenvalue weighted by Crippen LogP contribution is 2.16. The van der Waals surface area contributed by atoms with Gasteiger partial charge in [0.15, 0.2) is 10.8 Å². The Hall–Kier alpha value is -2.94. The minimum absolute atomic E-state index is 0.0679. The summed E-state index contributed by atoms with van der Waals surface area (Å²) in [4.78, 5) is 26.5. The Bertz CT molecular complexity index is 699. The van der Waals surface area contributed by atoms with Crippen LogP contribution in [-0.4, -0.2) is 27.9 Å². The van der Waals surface area contributed by atoms with Crippen molar-refractivity contribution < 1.29 is 19.5 Å². The van der Waals surface area contributed by atoms with Crippen LogP contribution in [0.1, 0.15) is 11.3 Å². The number of carbonyl (C=O) groups excluding carboxylic acids is 2. The molecule has 1 aromatic heterocycles. The van der Waals surface area contributed by atoms with Gasteiger partial charge < -0.3 is 15.7 Å². The number of nitrogens with one attached hydrogen (secondary N) is 1. The summed E-state index contributed by atoms with van der Waals surface area (Å²) in [7, 11) is 0. The minimum atomic E-state index is -0.925. The highest BCUT2D eigenvalue weighted by molar-refractivity contribution is 7.14. The molecule has 0 atom stereocenters. The first-order chi connectivity index (χ1) is 10.6. The molecule has 0 saturated heterocycles. The summed E-state index contributed by atoms with van der Waals surface area (Å²) < 4.78 is 5.02. The normalized spacial score (nSPS) is 11.0. The van der Waals surface area contributed by atoms with Crippen molar-refractivity contribution in [3.8, 4) is 0 Å². The molecule has 22 heavy (non-hydrogen) atoms. The molecule has 0 spiro atoms. The molecular formula is C13H12N4O4S. The number of amides is 2. The van der Waals surface area contributed by atoms with Crippen molar-refractivity contribution in [2.75, 3.05) is 5.32 Å². The molecule has 2 aromatic rings. The molecule has 0 saturated carbocycles. The van der Waals surface area contributed by atoms with Crippen LogP contribution in [-0.2, 0) is 16.1 Å². The summed E-state index contributed by atoms with van der Waals surface area (Å²) >= 11 is 1.04. The van der Waals surface area contributed by atoms with E-state index in [9.17, 15) is 9.59 Å². The smallest absolute Gasteiger partial charge is 0.413 e. The standard InChI is InChI=1S/C13H12N4O4S/c14-11(18)10(17-20)9-7-22-12(15-9)16-13(19)21-6-8-4-2-1-3-5-8/h1-5,7,20H,6H2,(H2,14,18)(H,15,16,19). The van der Waals surface area contributed by atoms with E-state index in [4.69, 9.17) is 15.7 Å². The summed E-state index contributed by atoms with van der Waals surface area (Å²) in [5.41, 5.74) is 5.55. The number of oxime groups is 1. The number of rotatable bonds is 5. The van der Waals surface area contributed by atoms with Gasteiger partial charge in [-0.25, -0.2) is 9.78 Å². The fraction of sp³-hybridized carbons (Fsp3) is 0.0769. The maximum atomic E-state index is 11.6. The van der Waals surface area contributed by atoms with E-state index in [2.05, 4.69) is 15.5 Å². The van der Waals surface area contributed by atoms with Gasteiger partial charge in [-0.3, -0.25) is 10.1 Å². The van der Waals surface area contributed by atoms with Crippen molar-refractivity contribution in [3.63, 3.8) is 0 Å². The van der Waals surface area contributed by atoms with Crippen LogP contribution in [0.3, 0.4) is 0 Å². The Balaban J connectivity index is 1.92. The van der Waals surface area contributed by atoms with E-state index in [0.29, 0.717) is 0 Å². The molecule has 2 amide bonds. The van der Waals surface area contributed by atoms with Gasteiger partial charge in [0, 0.05) is 5.38 Å². The van der Waals surface area contributed by atoms with Gasteiger partial charge in [-0.05, 0) is 5.56 Å². The van der Waals surface area contributed by atoms with Crippen molar-refractivity contribution in [1.29, 1.82) is 0 Å². The second-order valence-corrected chi connectivity index (χ2v) is 4.90. The maximum Gasteiger partial charge on any atom is 0.413 e. The molecule has 1 heterocycles. The number of carbonyl (C=O) groups is 2. The number of aromatic nitrogens is 1. The molecule has 0 aliphatic rings. The molecule has 114 valence electrons. The molecule has 0 bridgehead atoms. The van der Waals surface area contributed by atoms with Gasteiger partial charge in [0.2, 0.25) is 0 Å². The quantitative estimate of drug-likeness (QED) is 0.437. The van der Waals surface area contributed by atoms with Gasteiger partial charge in [-0.2, -0.15) is 0 Å². The third-order valence-corrected chi connectivity index (χ3v) is 3.26. The number of anilines is 1. The van der Waals surface area contributed by atoms with Crippen molar-refractivity contribution in [2.24, 2.45) is 10.9 Å². The maximum absolute atomic E-state index is 11.6. The molecule has 0 fully saturated rings. The predicted octanol–water partition coefficient (Wildman–Crippen LogP) is 1.56. The minimum Gasteiger partial charge on any atom is -0.444 e. The van der Waals surface area contributed by atoms with E-state index in [1.165, 1.54) is 5.38 Å². The van der Waals surface area contributed by atoms with Crippen molar-refractivity contribution in [2.45, 2.75) is 6.61 Å². The van der Waals surface area contributed by atoms with E-state index >= 15 is 0 Å². The second kappa shape index (κ2) is 7.18. The molecule has 0 aliphatic heterocycles.